The van der Waals surface area contributed by atoms with Gasteiger partial charge >= 0.3 is 0 Å². The molecule has 6 heteroatoms. The number of hydrogen-bond donors (Lipinski definition) is 1. The second kappa shape index (κ2) is 11.4. The van der Waals surface area contributed by atoms with Gasteiger partial charge in [-0.15, -0.1) is 11.3 Å². The first-order valence-electron chi connectivity index (χ1n) is 14.9. The molecule has 2 atom stereocenters. The molecule has 2 saturated carbocycles. The number of ketones is 2. The first-order valence-corrected chi connectivity index (χ1v) is 15.7. The Kier molecular flexibility index (Phi) is 7.75. The van der Waals surface area contributed by atoms with Crippen LogP contribution in [0.1, 0.15) is 88.2 Å². The molecule has 2 heterocycles. The number of carbonyl (C=O) groups excluding carboxylic acids is 2. The zero-order chi connectivity index (χ0) is 26.9. The topological polar surface area (TPSA) is 64.0 Å². The summed E-state index contributed by atoms with van der Waals surface area (Å²) < 4.78 is 1.84. The van der Waals surface area contributed by atoms with Crippen LogP contribution in [0.15, 0.2) is 36.5 Å². The second-order valence-electron chi connectivity index (χ2n) is 12.4. The molecule has 0 spiro atoms. The first-order chi connectivity index (χ1) is 18.9. The Hall–Kier alpha value is -2.73. The Bertz CT molecular complexity index is 1330. The highest BCUT2D eigenvalue weighted by molar-refractivity contribution is 7.12. The van der Waals surface area contributed by atoms with Crippen molar-refractivity contribution in [1.29, 1.82) is 0 Å². The summed E-state index contributed by atoms with van der Waals surface area (Å²) in [5, 5.41) is 8.31. The van der Waals surface area contributed by atoms with Gasteiger partial charge in [0.1, 0.15) is 11.6 Å². The van der Waals surface area contributed by atoms with Gasteiger partial charge in [-0.1, -0.05) is 42.7 Å². The van der Waals surface area contributed by atoms with Crippen molar-refractivity contribution in [2.75, 3.05) is 5.32 Å². The zero-order valence-electron chi connectivity index (χ0n) is 23.4. The molecule has 6 rings (SSSR count). The van der Waals surface area contributed by atoms with Crippen LogP contribution in [0.4, 0.5) is 5.82 Å². The summed E-state index contributed by atoms with van der Waals surface area (Å²) in [7, 11) is 1.95. The van der Waals surface area contributed by atoms with Gasteiger partial charge in [-0.3, -0.25) is 14.3 Å². The largest absolute Gasteiger partial charge is 0.366 e. The Morgan fingerprint density at radius 1 is 1.08 bits per heavy atom. The third kappa shape index (κ3) is 6.71. The molecule has 1 aromatic carbocycles. The van der Waals surface area contributed by atoms with E-state index in [9.17, 15) is 9.59 Å². The van der Waals surface area contributed by atoms with E-state index in [1.165, 1.54) is 34.4 Å². The summed E-state index contributed by atoms with van der Waals surface area (Å²) >= 11 is 1.77. The lowest BCUT2D eigenvalue weighted by molar-refractivity contribution is -0.119. The lowest BCUT2D eigenvalue weighted by Gasteiger charge is -2.28. The van der Waals surface area contributed by atoms with Gasteiger partial charge in [-0.05, 0) is 81.3 Å². The van der Waals surface area contributed by atoms with Crippen LogP contribution >= 0.6 is 11.3 Å². The van der Waals surface area contributed by atoms with Crippen LogP contribution in [-0.2, 0) is 37.5 Å². The number of nitrogens with one attached hydrogen (secondary N) is 1. The summed E-state index contributed by atoms with van der Waals surface area (Å²) in [4.78, 5) is 28.8. The molecule has 3 aliphatic carbocycles. The van der Waals surface area contributed by atoms with Gasteiger partial charge in [-0.25, -0.2) is 0 Å². The van der Waals surface area contributed by atoms with Crippen molar-refractivity contribution in [2.24, 2.45) is 24.8 Å². The van der Waals surface area contributed by atoms with Gasteiger partial charge in [0.05, 0.1) is 0 Å². The molecule has 5 nitrogen and oxygen atoms in total. The van der Waals surface area contributed by atoms with Crippen LogP contribution in [0.5, 0.6) is 0 Å². The number of thiophene rings is 1. The normalized spacial score (nSPS) is 19.5. The van der Waals surface area contributed by atoms with Crippen molar-refractivity contribution >= 4 is 28.7 Å². The highest BCUT2D eigenvalue weighted by atomic mass is 32.1. The summed E-state index contributed by atoms with van der Waals surface area (Å²) in [6.07, 6.45) is 13.8. The van der Waals surface area contributed by atoms with E-state index in [2.05, 4.69) is 41.6 Å². The minimum atomic E-state index is 0.242. The highest BCUT2D eigenvalue weighted by Gasteiger charge is 2.34. The maximum atomic E-state index is 13.6. The van der Waals surface area contributed by atoms with Crippen molar-refractivity contribution < 1.29 is 9.59 Å². The molecule has 0 radical (unpaired) electrons. The number of aromatic nitrogens is 2. The number of aryl methyl sites for hydroxylation is 3. The molecule has 2 aromatic heterocycles. The molecule has 0 bridgehead atoms. The van der Waals surface area contributed by atoms with Crippen LogP contribution in [0.25, 0.3) is 0 Å². The van der Waals surface area contributed by atoms with E-state index < -0.39 is 0 Å². The summed E-state index contributed by atoms with van der Waals surface area (Å²) in [6.45, 7) is 2.13. The molecule has 39 heavy (non-hydrogen) atoms. The molecule has 0 saturated heterocycles. The fourth-order valence-electron chi connectivity index (χ4n) is 6.24. The van der Waals surface area contributed by atoms with E-state index in [1.807, 2.05) is 24.0 Å². The van der Waals surface area contributed by atoms with Crippen molar-refractivity contribution in [3.63, 3.8) is 0 Å². The van der Waals surface area contributed by atoms with Crippen LogP contribution in [-0.4, -0.2) is 27.4 Å². The minimum Gasteiger partial charge on any atom is -0.366 e. The van der Waals surface area contributed by atoms with E-state index in [0.29, 0.717) is 30.3 Å². The number of fused-ring (bicyclic) bond motifs is 1. The van der Waals surface area contributed by atoms with Crippen LogP contribution in [0.3, 0.4) is 0 Å². The van der Waals surface area contributed by atoms with E-state index in [1.54, 1.807) is 11.3 Å². The van der Waals surface area contributed by atoms with Gasteiger partial charge in [0.25, 0.3) is 0 Å². The molecule has 206 valence electrons. The van der Waals surface area contributed by atoms with E-state index >= 15 is 0 Å². The molecular weight excluding hydrogens is 502 g/mol. The Labute approximate surface area is 236 Å². The van der Waals surface area contributed by atoms with Crippen molar-refractivity contribution in [1.82, 2.24) is 9.78 Å². The fraction of sp³-hybridized carbons (Fsp3) is 0.545. The highest BCUT2D eigenvalue weighted by Crippen LogP contribution is 2.41. The summed E-state index contributed by atoms with van der Waals surface area (Å²) in [6, 6.07) is 11.2. The number of carbonyl (C=O) groups is 2. The van der Waals surface area contributed by atoms with E-state index in [0.717, 1.165) is 73.5 Å². The van der Waals surface area contributed by atoms with Gasteiger partial charge < -0.3 is 5.32 Å². The Morgan fingerprint density at radius 3 is 2.56 bits per heavy atom. The van der Waals surface area contributed by atoms with Gasteiger partial charge in [0.15, 0.2) is 5.78 Å². The quantitative estimate of drug-likeness (QED) is 0.238. The van der Waals surface area contributed by atoms with Crippen molar-refractivity contribution in [3.05, 3.63) is 68.5 Å². The predicted molar refractivity (Wildman–Crippen MR) is 158 cm³/mol. The van der Waals surface area contributed by atoms with Gasteiger partial charge in [0.2, 0.25) is 0 Å². The van der Waals surface area contributed by atoms with Gasteiger partial charge in [0, 0.05) is 59.4 Å². The molecule has 3 aromatic rings. The second-order valence-corrected chi connectivity index (χ2v) is 13.6. The number of benzene rings is 1. The molecule has 0 amide bonds. The smallest absolute Gasteiger partial charge is 0.164 e. The number of nitrogens with zero attached hydrogens (tertiary/aromatic N) is 2. The lowest BCUT2D eigenvalue weighted by Crippen LogP contribution is -2.28. The first kappa shape index (κ1) is 26.5. The molecule has 3 aliphatic rings. The maximum Gasteiger partial charge on any atom is 0.164 e. The molecular formula is C33H41N3O2S. The third-order valence-corrected chi connectivity index (χ3v) is 10.1. The Balaban J connectivity index is 1.21. The average molecular weight is 544 g/mol. The maximum absolute atomic E-state index is 13.6. The predicted octanol–water partition coefficient (Wildman–Crippen LogP) is 6.90. The number of hydrogen-bond acceptors (Lipinski definition) is 5. The molecule has 2 fully saturated rings. The standard InChI is InChI=1S/C33H41N3O2S/c1-21-3-5-23(6-4-21)17-26(34-32-15-16-36(2)35-32)18-24-10-14-30-27(19-24)33(28(37)13-9-22-7-8-22)31(39-30)20-29(38)25-11-12-25/h3-6,15-16,22,24-26H,7-14,17-20H2,1-2H3,(H,34,35). The number of rotatable bonds is 13. The van der Waals surface area contributed by atoms with Crippen LogP contribution in [0.2, 0.25) is 0 Å². The monoisotopic (exact) mass is 543 g/mol. The zero-order valence-corrected chi connectivity index (χ0v) is 24.2. The molecule has 0 aliphatic heterocycles. The lowest BCUT2D eigenvalue weighted by atomic mass is 9.80. The van der Waals surface area contributed by atoms with E-state index in [4.69, 9.17) is 0 Å². The minimum absolute atomic E-state index is 0.242. The van der Waals surface area contributed by atoms with E-state index in [-0.39, 0.29) is 12.0 Å². The third-order valence-electron chi connectivity index (χ3n) is 8.85. The SMILES string of the molecule is Cc1ccc(CC(CC2CCc3sc(CC(=O)C4CC4)c(C(=O)CCC4CC4)c3C2)Nc2ccn(C)n2)cc1. The molecule has 2 unspecified atom stereocenters. The average Bonchev–Trinajstić information content (AvgIpc) is 3.84. The molecule has 1 N–H and O–H groups in total. The number of anilines is 1. The summed E-state index contributed by atoms with van der Waals surface area (Å²) in [5.74, 6) is 3.04. The van der Waals surface area contributed by atoms with Crippen LogP contribution < -0.4 is 5.32 Å². The summed E-state index contributed by atoms with van der Waals surface area (Å²) in [5.41, 5.74) is 4.84. The van der Waals surface area contributed by atoms with Gasteiger partial charge in [-0.2, -0.15) is 5.10 Å². The Morgan fingerprint density at radius 2 is 1.87 bits per heavy atom. The van der Waals surface area contributed by atoms with Crippen molar-refractivity contribution in [3.8, 4) is 0 Å². The van der Waals surface area contributed by atoms with Crippen molar-refractivity contribution in [2.45, 2.75) is 90.0 Å². The number of Topliss-reactive ketones (excluding diaryl/α,β-unsaturated/α-hetero) is 2. The van der Waals surface area contributed by atoms with Crippen LogP contribution in [0, 0.1) is 24.7 Å². The fourth-order valence-corrected chi connectivity index (χ4v) is 7.62.